The summed E-state index contributed by atoms with van der Waals surface area (Å²) in [6.45, 7) is 0. The number of ketones is 1. The summed E-state index contributed by atoms with van der Waals surface area (Å²) in [6.07, 6.45) is 3.08. The van der Waals surface area contributed by atoms with E-state index in [1.54, 1.807) is 17.2 Å². The van der Waals surface area contributed by atoms with E-state index >= 15 is 0 Å². The molecule has 3 nitrogen and oxygen atoms in total. The fourth-order valence-corrected chi connectivity index (χ4v) is 3.21. The van der Waals surface area contributed by atoms with Gasteiger partial charge in [-0.25, -0.2) is 0 Å². The Morgan fingerprint density at radius 1 is 0.850 bits per heavy atom. The van der Waals surface area contributed by atoms with Crippen LogP contribution >= 0.6 is 0 Å². The second-order valence-electron chi connectivity index (χ2n) is 4.98. The van der Waals surface area contributed by atoms with Crippen molar-refractivity contribution in [1.82, 2.24) is 4.90 Å². The molecule has 0 saturated carbocycles. The molecule has 2 aromatic carbocycles. The van der Waals surface area contributed by atoms with Gasteiger partial charge in [-0.05, 0) is 11.6 Å². The zero-order chi connectivity index (χ0) is 13.7. The van der Waals surface area contributed by atoms with Crippen molar-refractivity contribution in [1.29, 1.82) is 0 Å². The Kier molecular flexibility index (Phi) is 2.05. The zero-order valence-corrected chi connectivity index (χ0v) is 10.6. The first-order chi connectivity index (χ1) is 9.76. The lowest BCUT2D eigenvalue weighted by molar-refractivity contribution is -0.120. The van der Waals surface area contributed by atoms with Gasteiger partial charge in [-0.2, -0.15) is 0 Å². The van der Waals surface area contributed by atoms with Crippen LogP contribution in [-0.4, -0.2) is 16.6 Å². The lowest BCUT2D eigenvalue weighted by atomic mass is 9.81. The van der Waals surface area contributed by atoms with Crippen molar-refractivity contribution in [2.24, 2.45) is 0 Å². The molecule has 1 atom stereocenters. The summed E-state index contributed by atoms with van der Waals surface area (Å²) in [6, 6.07) is 16.8. The predicted octanol–water partition coefficient (Wildman–Crippen LogP) is 2.48. The fraction of sp³-hybridized carbons (Fsp3) is 0.0588. The predicted molar refractivity (Wildman–Crippen MR) is 74.0 cm³/mol. The van der Waals surface area contributed by atoms with Crippen LogP contribution < -0.4 is 0 Å². The van der Waals surface area contributed by atoms with Crippen LogP contribution in [0.15, 0.2) is 66.9 Å². The minimum absolute atomic E-state index is 0.0676. The molecule has 3 heteroatoms. The van der Waals surface area contributed by atoms with Gasteiger partial charge >= 0.3 is 0 Å². The summed E-state index contributed by atoms with van der Waals surface area (Å²) in [5.41, 5.74) is 1.20. The van der Waals surface area contributed by atoms with E-state index in [1.807, 2.05) is 48.5 Å². The van der Waals surface area contributed by atoms with Crippen molar-refractivity contribution in [2.75, 3.05) is 0 Å². The van der Waals surface area contributed by atoms with Gasteiger partial charge in [0.15, 0.2) is 11.3 Å². The highest BCUT2D eigenvalue weighted by Crippen LogP contribution is 2.47. The molecule has 0 spiro atoms. The Morgan fingerprint density at radius 3 is 2.35 bits per heavy atom. The maximum atomic E-state index is 12.6. The molecule has 0 aliphatic carbocycles. The highest BCUT2D eigenvalue weighted by molar-refractivity contribution is 6.15. The van der Waals surface area contributed by atoms with E-state index in [0.29, 0.717) is 5.56 Å². The van der Waals surface area contributed by atoms with Gasteiger partial charge in [0.2, 0.25) is 0 Å². The molecular weight excluding hydrogens is 250 g/mol. The summed E-state index contributed by atoms with van der Waals surface area (Å²) >= 11 is 0. The largest absolute Gasteiger partial charge is 0.293 e. The molecule has 2 aliphatic rings. The van der Waals surface area contributed by atoms with Gasteiger partial charge in [-0.1, -0.05) is 48.5 Å². The number of carbonyl (C=O) groups excluding carboxylic acids is 2. The number of rotatable bonds is 1. The minimum atomic E-state index is -1.01. The van der Waals surface area contributed by atoms with E-state index < -0.39 is 5.54 Å². The van der Waals surface area contributed by atoms with E-state index in [-0.39, 0.29) is 11.7 Å². The van der Waals surface area contributed by atoms with Gasteiger partial charge in [-0.3, -0.25) is 14.5 Å². The monoisotopic (exact) mass is 261 g/mol. The van der Waals surface area contributed by atoms with Crippen LogP contribution in [0.3, 0.4) is 0 Å². The SMILES string of the molecule is O=C1c2ccccc2C2(c3ccccc3)C(=O)C=CN12. The molecule has 4 rings (SSSR count). The van der Waals surface area contributed by atoms with Crippen LogP contribution in [0.5, 0.6) is 0 Å². The molecule has 1 amide bonds. The lowest BCUT2D eigenvalue weighted by Gasteiger charge is -2.31. The smallest absolute Gasteiger partial charge is 0.259 e. The number of amides is 1. The molecule has 0 aromatic heterocycles. The van der Waals surface area contributed by atoms with Gasteiger partial charge in [-0.15, -0.1) is 0 Å². The molecule has 96 valence electrons. The Morgan fingerprint density at radius 2 is 1.55 bits per heavy atom. The molecule has 0 N–H and O–H groups in total. The first kappa shape index (κ1) is 11.2. The van der Waals surface area contributed by atoms with E-state index in [4.69, 9.17) is 0 Å². The normalized spacial score (nSPS) is 23.1. The van der Waals surface area contributed by atoms with Crippen molar-refractivity contribution in [2.45, 2.75) is 5.54 Å². The van der Waals surface area contributed by atoms with Crippen molar-refractivity contribution in [3.8, 4) is 0 Å². The first-order valence-electron chi connectivity index (χ1n) is 6.47. The van der Waals surface area contributed by atoms with Crippen molar-refractivity contribution in [3.63, 3.8) is 0 Å². The third-order valence-corrected chi connectivity index (χ3v) is 4.05. The number of hydrogen-bond acceptors (Lipinski definition) is 2. The molecule has 2 aromatic rings. The summed E-state index contributed by atoms with van der Waals surface area (Å²) in [7, 11) is 0. The van der Waals surface area contributed by atoms with E-state index in [0.717, 1.165) is 11.1 Å². The van der Waals surface area contributed by atoms with Gasteiger partial charge in [0.25, 0.3) is 5.91 Å². The van der Waals surface area contributed by atoms with Crippen molar-refractivity contribution < 1.29 is 9.59 Å². The third kappa shape index (κ3) is 1.11. The highest BCUT2D eigenvalue weighted by Gasteiger charge is 2.56. The molecular formula is C17H11NO2. The quantitative estimate of drug-likeness (QED) is 0.791. The second-order valence-corrected chi connectivity index (χ2v) is 4.98. The maximum Gasteiger partial charge on any atom is 0.259 e. The standard InChI is InChI=1S/C17H11NO2/c19-15-10-11-18-16(20)13-8-4-5-9-14(13)17(15,18)12-6-2-1-3-7-12/h1-11H. The second kappa shape index (κ2) is 3.67. The Hall–Kier alpha value is -2.68. The van der Waals surface area contributed by atoms with Gasteiger partial charge < -0.3 is 0 Å². The van der Waals surface area contributed by atoms with Crippen LogP contribution in [0.2, 0.25) is 0 Å². The van der Waals surface area contributed by atoms with Crippen LogP contribution in [-0.2, 0) is 10.3 Å². The molecule has 0 radical (unpaired) electrons. The Bertz CT molecular complexity index is 764. The average Bonchev–Trinajstić information content (AvgIpc) is 2.97. The minimum Gasteiger partial charge on any atom is -0.293 e. The van der Waals surface area contributed by atoms with Crippen LogP contribution in [0.1, 0.15) is 21.5 Å². The summed E-state index contributed by atoms with van der Waals surface area (Å²) in [5.74, 6) is -0.187. The molecule has 2 aliphatic heterocycles. The van der Waals surface area contributed by atoms with Gasteiger partial charge in [0.05, 0.1) is 0 Å². The number of fused-ring (bicyclic) bond motifs is 3. The Balaban J connectivity index is 2.09. The first-order valence-corrected chi connectivity index (χ1v) is 6.47. The summed E-state index contributed by atoms with van der Waals surface area (Å²) < 4.78 is 0. The number of carbonyl (C=O) groups is 2. The van der Waals surface area contributed by atoms with Crippen molar-refractivity contribution in [3.05, 3.63) is 83.6 Å². The lowest BCUT2D eigenvalue weighted by Crippen LogP contribution is -2.43. The number of benzene rings is 2. The average molecular weight is 261 g/mol. The number of nitrogens with zero attached hydrogens (tertiary/aromatic N) is 1. The molecule has 0 saturated heterocycles. The van der Waals surface area contributed by atoms with Crippen LogP contribution in [0.4, 0.5) is 0 Å². The number of hydrogen-bond donors (Lipinski definition) is 0. The molecule has 0 bridgehead atoms. The van der Waals surface area contributed by atoms with E-state index in [9.17, 15) is 9.59 Å². The maximum absolute atomic E-state index is 12.6. The van der Waals surface area contributed by atoms with Crippen LogP contribution in [0, 0.1) is 0 Å². The molecule has 2 heterocycles. The topological polar surface area (TPSA) is 37.4 Å². The van der Waals surface area contributed by atoms with Gasteiger partial charge in [0, 0.05) is 23.4 Å². The third-order valence-electron chi connectivity index (χ3n) is 4.05. The van der Waals surface area contributed by atoms with Crippen LogP contribution in [0.25, 0.3) is 0 Å². The summed E-state index contributed by atoms with van der Waals surface area (Å²) in [4.78, 5) is 26.7. The van der Waals surface area contributed by atoms with Gasteiger partial charge in [0.1, 0.15) is 0 Å². The van der Waals surface area contributed by atoms with Crippen molar-refractivity contribution >= 4 is 11.7 Å². The van der Waals surface area contributed by atoms with E-state index in [2.05, 4.69) is 0 Å². The van der Waals surface area contributed by atoms with E-state index in [1.165, 1.54) is 6.08 Å². The zero-order valence-electron chi connectivity index (χ0n) is 10.6. The highest BCUT2D eigenvalue weighted by atomic mass is 16.2. The molecule has 0 fully saturated rings. The Labute approximate surface area is 116 Å². The molecule has 20 heavy (non-hydrogen) atoms. The fourth-order valence-electron chi connectivity index (χ4n) is 3.21. The molecule has 1 unspecified atom stereocenters. The summed E-state index contributed by atoms with van der Waals surface area (Å²) in [5, 5.41) is 0.